The van der Waals surface area contributed by atoms with Gasteiger partial charge in [0.25, 0.3) is 15.9 Å². The lowest BCUT2D eigenvalue weighted by Crippen LogP contribution is -2.58. The molecule has 0 radical (unpaired) electrons. The smallest absolute Gasteiger partial charge is 0.284 e. The number of hydrogen-bond acceptors (Lipinski definition) is 8. The fraction of sp³-hybridized carbons (Fsp3) is 0.483. The molecule has 0 spiro atoms. The van der Waals surface area contributed by atoms with Gasteiger partial charge in [-0.2, -0.15) is 8.42 Å². The van der Waals surface area contributed by atoms with E-state index < -0.39 is 45.7 Å². The van der Waals surface area contributed by atoms with Crippen molar-refractivity contribution in [2.45, 2.75) is 75.6 Å². The van der Waals surface area contributed by atoms with Crippen LogP contribution in [0.25, 0.3) is 0 Å². The summed E-state index contributed by atoms with van der Waals surface area (Å²) in [7, 11) is -4.54. The molecule has 4 rings (SSSR count). The number of hydrogen-bond donors (Lipinski definition) is 2. The minimum atomic E-state index is -4.54. The molecule has 3 amide bonds. The molecule has 41 heavy (non-hydrogen) atoms. The van der Waals surface area contributed by atoms with E-state index in [0.29, 0.717) is 17.3 Å². The lowest BCUT2D eigenvalue weighted by molar-refractivity contribution is -0.140. The van der Waals surface area contributed by atoms with Crippen LogP contribution >= 0.6 is 0 Å². The van der Waals surface area contributed by atoms with Crippen LogP contribution in [0.1, 0.15) is 51.5 Å². The van der Waals surface area contributed by atoms with Crippen molar-refractivity contribution in [3.8, 4) is 0 Å². The monoisotopic (exact) mass is 583 g/mol. The molecule has 2 fully saturated rings. The highest BCUT2D eigenvalue weighted by atomic mass is 32.2. The number of aromatic nitrogens is 1. The molecule has 3 heterocycles. The van der Waals surface area contributed by atoms with Crippen molar-refractivity contribution in [3.63, 3.8) is 0 Å². The number of ketones is 1. The number of benzene rings is 1. The summed E-state index contributed by atoms with van der Waals surface area (Å²) in [6.07, 6.45) is 2.54. The van der Waals surface area contributed by atoms with E-state index in [1.165, 1.54) is 23.2 Å². The Morgan fingerprint density at radius 3 is 2.51 bits per heavy atom. The number of pyridine rings is 1. The van der Waals surface area contributed by atoms with E-state index in [0.717, 1.165) is 5.56 Å². The van der Waals surface area contributed by atoms with Gasteiger partial charge < -0.3 is 15.5 Å². The predicted molar refractivity (Wildman–Crippen MR) is 151 cm³/mol. The van der Waals surface area contributed by atoms with Gasteiger partial charge in [0, 0.05) is 19.2 Å². The SMILES string of the molecule is CC(C)C[C@H](NC(=O)[C@H]1CCC(=O)N1Cc1ccccc1)C(=O)N(C1CCCNCC1=O)S(=O)(=O)c1ccccn1. The second kappa shape index (κ2) is 13.3. The van der Waals surface area contributed by atoms with Crippen molar-refractivity contribution in [3.05, 3.63) is 60.3 Å². The number of nitrogens with zero attached hydrogens (tertiary/aromatic N) is 3. The highest BCUT2D eigenvalue weighted by Crippen LogP contribution is 2.25. The van der Waals surface area contributed by atoms with Gasteiger partial charge in [-0.25, -0.2) is 9.29 Å². The maximum absolute atomic E-state index is 14.2. The van der Waals surface area contributed by atoms with Crippen LogP contribution in [0.2, 0.25) is 0 Å². The largest absolute Gasteiger partial charge is 0.342 e. The maximum Gasteiger partial charge on any atom is 0.284 e. The minimum Gasteiger partial charge on any atom is -0.342 e. The summed E-state index contributed by atoms with van der Waals surface area (Å²) in [6, 6.07) is 10.3. The summed E-state index contributed by atoms with van der Waals surface area (Å²) in [6.45, 7) is 4.38. The van der Waals surface area contributed by atoms with Crippen molar-refractivity contribution >= 4 is 33.5 Å². The Bertz CT molecular complexity index is 1350. The molecule has 2 saturated heterocycles. The molecule has 0 aliphatic carbocycles. The Kier molecular flexibility index (Phi) is 9.87. The van der Waals surface area contributed by atoms with Crippen LogP contribution < -0.4 is 10.6 Å². The number of amides is 3. The first kappa shape index (κ1) is 30.3. The van der Waals surface area contributed by atoms with Gasteiger partial charge in [-0.1, -0.05) is 50.2 Å². The summed E-state index contributed by atoms with van der Waals surface area (Å²) < 4.78 is 28.4. The van der Waals surface area contributed by atoms with Crippen LogP contribution in [0.5, 0.6) is 0 Å². The first-order valence-corrected chi connectivity index (χ1v) is 15.4. The second-order valence-corrected chi connectivity index (χ2v) is 12.6. The normalized spacial score (nSPS) is 20.5. The summed E-state index contributed by atoms with van der Waals surface area (Å²) in [5.41, 5.74) is 0.864. The van der Waals surface area contributed by atoms with Crippen LogP contribution in [0.4, 0.5) is 0 Å². The Morgan fingerprint density at radius 2 is 1.83 bits per heavy atom. The Labute approximate surface area is 240 Å². The third-order valence-electron chi connectivity index (χ3n) is 7.31. The summed E-state index contributed by atoms with van der Waals surface area (Å²) >= 11 is 0. The lowest BCUT2D eigenvalue weighted by Gasteiger charge is -2.33. The Hall–Kier alpha value is -3.64. The molecule has 0 bridgehead atoms. The van der Waals surface area contributed by atoms with Crippen molar-refractivity contribution in [1.29, 1.82) is 0 Å². The topological polar surface area (TPSA) is 146 Å². The van der Waals surface area contributed by atoms with E-state index in [1.807, 2.05) is 44.2 Å². The van der Waals surface area contributed by atoms with Crippen molar-refractivity contribution in [1.82, 2.24) is 24.8 Å². The molecule has 2 aliphatic heterocycles. The molecule has 1 unspecified atom stereocenters. The van der Waals surface area contributed by atoms with Crippen LogP contribution in [-0.4, -0.2) is 77.3 Å². The molecule has 2 N–H and O–H groups in total. The molecule has 220 valence electrons. The maximum atomic E-state index is 14.2. The van der Waals surface area contributed by atoms with Crippen LogP contribution in [0.15, 0.2) is 59.8 Å². The van der Waals surface area contributed by atoms with E-state index in [9.17, 15) is 27.6 Å². The first-order valence-electron chi connectivity index (χ1n) is 14.0. The molecule has 0 saturated carbocycles. The second-order valence-electron chi connectivity index (χ2n) is 10.9. The fourth-order valence-corrected chi connectivity index (χ4v) is 6.87. The van der Waals surface area contributed by atoms with Gasteiger partial charge in [-0.15, -0.1) is 0 Å². The van der Waals surface area contributed by atoms with Gasteiger partial charge in [0.05, 0.1) is 6.54 Å². The van der Waals surface area contributed by atoms with Gasteiger partial charge in [-0.05, 0) is 55.8 Å². The van der Waals surface area contributed by atoms with Crippen molar-refractivity contribution in [2.75, 3.05) is 13.1 Å². The highest BCUT2D eigenvalue weighted by molar-refractivity contribution is 7.89. The van der Waals surface area contributed by atoms with Crippen LogP contribution in [-0.2, 0) is 35.7 Å². The number of rotatable bonds is 10. The van der Waals surface area contributed by atoms with Crippen molar-refractivity contribution < 1.29 is 27.6 Å². The zero-order chi connectivity index (χ0) is 29.6. The average Bonchev–Trinajstić information content (AvgIpc) is 3.18. The van der Waals surface area contributed by atoms with E-state index in [2.05, 4.69) is 15.6 Å². The number of sulfonamides is 1. The number of carbonyl (C=O) groups excluding carboxylic acids is 4. The molecular formula is C29H37N5O6S. The summed E-state index contributed by atoms with van der Waals surface area (Å²) in [5.74, 6) is -2.12. The van der Waals surface area contributed by atoms with Crippen LogP contribution in [0, 0.1) is 5.92 Å². The number of carbonyl (C=O) groups is 4. The first-order chi connectivity index (χ1) is 19.6. The Morgan fingerprint density at radius 1 is 1.10 bits per heavy atom. The van der Waals surface area contributed by atoms with Gasteiger partial charge >= 0.3 is 0 Å². The number of nitrogens with one attached hydrogen (secondary N) is 2. The van der Waals surface area contributed by atoms with E-state index in [4.69, 9.17) is 0 Å². The average molecular weight is 584 g/mol. The Balaban J connectivity index is 1.65. The third kappa shape index (κ3) is 7.17. The molecule has 11 nitrogen and oxygen atoms in total. The molecule has 1 aromatic carbocycles. The number of likely N-dealkylation sites (tertiary alicyclic amines) is 1. The third-order valence-corrected chi connectivity index (χ3v) is 9.03. The molecule has 3 atom stereocenters. The quantitative estimate of drug-likeness (QED) is 0.429. The molecule has 12 heteroatoms. The molecule has 1 aromatic heterocycles. The fourth-order valence-electron chi connectivity index (χ4n) is 5.30. The molecular weight excluding hydrogens is 546 g/mol. The summed E-state index contributed by atoms with van der Waals surface area (Å²) in [5, 5.41) is 5.37. The van der Waals surface area contributed by atoms with Gasteiger partial charge in [0.1, 0.15) is 18.1 Å². The van der Waals surface area contributed by atoms with Crippen LogP contribution in [0.3, 0.4) is 0 Å². The van der Waals surface area contributed by atoms with Gasteiger partial charge in [0.2, 0.25) is 11.8 Å². The van der Waals surface area contributed by atoms with Crippen molar-refractivity contribution in [2.24, 2.45) is 5.92 Å². The predicted octanol–water partition coefficient (Wildman–Crippen LogP) is 1.64. The molecule has 2 aliphatic rings. The lowest BCUT2D eigenvalue weighted by atomic mass is 10.0. The highest BCUT2D eigenvalue weighted by Gasteiger charge is 2.44. The van der Waals surface area contributed by atoms with E-state index in [-0.39, 0.29) is 55.6 Å². The number of Topliss-reactive ketones (excluding diaryl/α,β-unsaturated/α-hetero) is 1. The standard InChI is InChI=1S/C29H37N5O6S/c1-20(2)17-22(32-28(37)24-13-14-27(36)33(24)19-21-9-4-3-5-10-21)29(38)34(23-11-8-15-30-18-25(23)35)41(39,40)26-12-6-7-16-31-26/h3-7,9-10,12,16,20,22-24,30H,8,11,13-15,17-19H2,1-2H3,(H,32,37)/t22-,23?,24+/m0/s1. The zero-order valence-corrected chi connectivity index (χ0v) is 24.2. The van der Waals surface area contributed by atoms with Gasteiger partial charge in [-0.3, -0.25) is 19.2 Å². The minimum absolute atomic E-state index is 0.0774. The summed E-state index contributed by atoms with van der Waals surface area (Å²) in [4.78, 5) is 59.1. The zero-order valence-electron chi connectivity index (χ0n) is 23.4. The van der Waals surface area contributed by atoms with Gasteiger partial charge in [0.15, 0.2) is 10.8 Å². The van der Waals surface area contributed by atoms with E-state index in [1.54, 1.807) is 6.07 Å². The van der Waals surface area contributed by atoms with E-state index >= 15 is 0 Å². The molecule has 2 aromatic rings.